The van der Waals surface area contributed by atoms with Crippen molar-refractivity contribution in [3.05, 3.63) is 0 Å². The van der Waals surface area contributed by atoms with Gasteiger partial charge in [-0.15, -0.1) is 0 Å². The molecule has 1 aliphatic heterocycles. The summed E-state index contributed by atoms with van der Waals surface area (Å²) < 4.78 is 0. The van der Waals surface area contributed by atoms with Gasteiger partial charge in [0, 0.05) is 18.6 Å². The van der Waals surface area contributed by atoms with Gasteiger partial charge in [0.05, 0.1) is 13.1 Å². The Bertz CT molecular complexity index is 374. The standard InChI is InChI=1S/C16H31N3O3/c1-12(2)13(3)17-15(20)10-19-8-5-6-14(7-9-19)18(4)11-16(21)22/h12-14H,5-11H2,1-4H3,(H,17,20)(H,21,22). The average Bonchev–Trinajstić information content (AvgIpc) is 2.63. The van der Waals surface area contributed by atoms with Crippen LogP contribution in [0.5, 0.6) is 0 Å². The molecule has 1 rings (SSSR count). The number of nitrogens with one attached hydrogen (secondary N) is 1. The third kappa shape index (κ3) is 6.75. The maximum atomic E-state index is 12.1. The Hall–Kier alpha value is -1.14. The van der Waals surface area contributed by atoms with E-state index in [4.69, 9.17) is 5.11 Å². The van der Waals surface area contributed by atoms with E-state index >= 15 is 0 Å². The van der Waals surface area contributed by atoms with Crippen LogP contribution in [0.3, 0.4) is 0 Å². The molecule has 1 amide bonds. The molecule has 1 heterocycles. The van der Waals surface area contributed by atoms with Crippen LogP contribution < -0.4 is 5.32 Å². The van der Waals surface area contributed by atoms with Crippen molar-refractivity contribution in [1.29, 1.82) is 0 Å². The number of likely N-dealkylation sites (N-methyl/N-ethyl adjacent to an activating group) is 1. The molecular formula is C16H31N3O3. The summed E-state index contributed by atoms with van der Waals surface area (Å²) in [5, 5.41) is 11.9. The number of hydrogen-bond acceptors (Lipinski definition) is 4. The van der Waals surface area contributed by atoms with Crippen molar-refractivity contribution in [1.82, 2.24) is 15.1 Å². The fraction of sp³-hybridized carbons (Fsp3) is 0.875. The zero-order valence-electron chi connectivity index (χ0n) is 14.3. The molecule has 128 valence electrons. The predicted molar refractivity (Wildman–Crippen MR) is 86.8 cm³/mol. The maximum Gasteiger partial charge on any atom is 0.317 e. The van der Waals surface area contributed by atoms with Crippen molar-refractivity contribution < 1.29 is 14.7 Å². The summed E-state index contributed by atoms with van der Waals surface area (Å²) in [5.74, 6) is -0.272. The molecule has 0 aromatic rings. The van der Waals surface area contributed by atoms with E-state index in [0.29, 0.717) is 18.5 Å². The van der Waals surface area contributed by atoms with Gasteiger partial charge in [0.2, 0.25) is 5.91 Å². The van der Waals surface area contributed by atoms with Gasteiger partial charge in [0.15, 0.2) is 0 Å². The van der Waals surface area contributed by atoms with Crippen LogP contribution in [0.25, 0.3) is 0 Å². The molecule has 22 heavy (non-hydrogen) atoms. The van der Waals surface area contributed by atoms with Crippen molar-refractivity contribution >= 4 is 11.9 Å². The molecule has 6 heteroatoms. The lowest BCUT2D eigenvalue weighted by Gasteiger charge is -2.26. The van der Waals surface area contributed by atoms with E-state index in [1.54, 1.807) is 0 Å². The Labute approximate surface area is 133 Å². The van der Waals surface area contributed by atoms with Gasteiger partial charge in [-0.25, -0.2) is 0 Å². The van der Waals surface area contributed by atoms with Crippen molar-refractivity contribution in [3.8, 4) is 0 Å². The van der Waals surface area contributed by atoms with Crippen LogP contribution in [0.4, 0.5) is 0 Å². The fourth-order valence-corrected chi connectivity index (χ4v) is 2.75. The molecule has 0 radical (unpaired) electrons. The molecule has 1 fully saturated rings. The zero-order chi connectivity index (χ0) is 16.7. The Morgan fingerprint density at radius 2 is 1.95 bits per heavy atom. The minimum atomic E-state index is -0.786. The second-order valence-corrected chi connectivity index (χ2v) is 6.77. The van der Waals surface area contributed by atoms with Gasteiger partial charge in [-0.05, 0) is 45.7 Å². The van der Waals surface area contributed by atoms with Gasteiger partial charge in [0.1, 0.15) is 0 Å². The summed E-state index contributed by atoms with van der Waals surface area (Å²) in [4.78, 5) is 26.9. The van der Waals surface area contributed by atoms with Crippen LogP contribution in [0.2, 0.25) is 0 Å². The molecule has 2 unspecified atom stereocenters. The Morgan fingerprint density at radius 1 is 1.27 bits per heavy atom. The lowest BCUT2D eigenvalue weighted by atomic mass is 10.1. The predicted octanol–water partition coefficient (Wildman–Crippen LogP) is 1.02. The molecule has 6 nitrogen and oxygen atoms in total. The van der Waals surface area contributed by atoms with Crippen LogP contribution in [-0.4, -0.2) is 72.1 Å². The third-order valence-electron chi connectivity index (χ3n) is 4.55. The molecule has 0 bridgehead atoms. The van der Waals surface area contributed by atoms with Gasteiger partial charge in [0.25, 0.3) is 0 Å². The lowest BCUT2D eigenvalue weighted by Crippen LogP contribution is -2.43. The largest absolute Gasteiger partial charge is 0.480 e. The summed E-state index contributed by atoms with van der Waals surface area (Å²) >= 11 is 0. The quantitative estimate of drug-likeness (QED) is 0.734. The number of carbonyl (C=O) groups excluding carboxylic acids is 1. The molecule has 0 aromatic heterocycles. The summed E-state index contributed by atoms with van der Waals surface area (Å²) in [5.41, 5.74) is 0. The fourth-order valence-electron chi connectivity index (χ4n) is 2.75. The Morgan fingerprint density at radius 3 is 2.55 bits per heavy atom. The molecular weight excluding hydrogens is 282 g/mol. The van der Waals surface area contributed by atoms with Crippen LogP contribution in [0.15, 0.2) is 0 Å². The summed E-state index contributed by atoms with van der Waals surface area (Å²) in [6.45, 7) is 8.49. The number of rotatable bonds is 7. The second kappa shape index (κ2) is 9.10. The van der Waals surface area contributed by atoms with Gasteiger partial charge in [-0.1, -0.05) is 13.8 Å². The topological polar surface area (TPSA) is 72.9 Å². The van der Waals surface area contributed by atoms with Gasteiger partial charge in [-0.3, -0.25) is 19.4 Å². The summed E-state index contributed by atoms with van der Waals surface area (Å²) in [6, 6.07) is 0.479. The monoisotopic (exact) mass is 313 g/mol. The Kier molecular flexibility index (Phi) is 7.82. The van der Waals surface area contributed by atoms with Crippen molar-refractivity contribution in [2.75, 3.05) is 33.2 Å². The van der Waals surface area contributed by atoms with Gasteiger partial charge < -0.3 is 10.4 Å². The van der Waals surface area contributed by atoms with E-state index in [2.05, 4.69) is 24.1 Å². The average molecular weight is 313 g/mol. The van der Waals surface area contributed by atoms with Crippen molar-refractivity contribution in [3.63, 3.8) is 0 Å². The number of carbonyl (C=O) groups is 2. The van der Waals surface area contributed by atoms with Gasteiger partial charge in [-0.2, -0.15) is 0 Å². The molecule has 0 saturated carbocycles. The number of amides is 1. The highest BCUT2D eigenvalue weighted by Gasteiger charge is 2.23. The SMILES string of the molecule is CC(C)C(C)NC(=O)CN1CCCC(N(C)CC(=O)O)CC1. The van der Waals surface area contributed by atoms with E-state index in [0.717, 1.165) is 32.4 Å². The van der Waals surface area contributed by atoms with Crippen molar-refractivity contribution in [2.24, 2.45) is 5.92 Å². The summed E-state index contributed by atoms with van der Waals surface area (Å²) in [7, 11) is 1.87. The van der Waals surface area contributed by atoms with Crippen LogP contribution >= 0.6 is 0 Å². The molecule has 2 atom stereocenters. The van der Waals surface area contributed by atoms with E-state index in [-0.39, 0.29) is 18.5 Å². The molecule has 1 aliphatic rings. The first kappa shape index (κ1) is 18.9. The number of aliphatic carboxylic acids is 1. The maximum absolute atomic E-state index is 12.1. The third-order valence-corrected chi connectivity index (χ3v) is 4.55. The highest BCUT2D eigenvalue weighted by molar-refractivity contribution is 5.78. The zero-order valence-corrected chi connectivity index (χ0v) is 14.3. The number of hydrogen-bond donors (Lipinski definition) is 2. The first-order chi connectivity index (χ1) is 10.3. The van der Waals surface area contributed by atoms with E-state index in [1.165, 1.54) is 0 Å². The van der Waals surface area contributed by atoms with Crippen LogP contribution in [-0.2, 0) is 9.59 Å². The van der Waals surface area contributed by atoms with E-state index in [1.807, 2.05) is 18.9 Å². The minimum absolute atomic E-state index is 0.0804. The van der Waals surface area contributed by atoms with Gasteiger partial charge >= 0.3 is 5.97 Å². The lowest BCUT2D eigenvalue weighted by molar-refractivity contribution is -0.138. The van der Waals surface area contributed by atoms with E-state index < -0.39 is 5.97 Å². The van der Waals surface area contributed by atoms with Crippen LogP contribution in [0, 0.1) is 5.92 Å². The second-order valence-electron chi connectivity index (χ2n) is 6.77. The number of carboxylic acids is 1. The van der Waals surface area contributed by atoms with E-state index in [9.17, 15) is 9.59 Å². The molecule has 0 aromatic carbocycles. The van der Waals surface area contributed by atoms with Crippen LogP contribution in [0.1, 0.15) is 40.0 Å². The summed E-state index contributed by atoms with van der Waals surface area (Å²) in [6.07, 6.45) is 2.91. The minimum Gasteiger partial charge on any atom is -0.480 e. The number of carboxylic acid groups (broad SMARTS) is 1. The van der Waals surface area contributed by atoms with Crippen molar-refractivity contribution in [2.45, 2.75) is 52.1 Å². The number of nitrogens with zero attached hydrogens (tertiary/aromatic N) is 2. The highest BCUT2D eigenvalue weighted by atomic mass is 16.4. The smallest absolute Gasteiger partial charge is 0.317 e. The molecule has 0 spiro atoms. The number of likely N-dealkylation sites (tertiary alicyclic amines) is 1. The highest BCUT2D eigenvalue weighted by Crippen LogP contribution is 2.15. The Balaban J connectivity index is 2.39. The first-order valence-electron chi connectivity index (χ1n) is 8.23. The first-order valence-corrected chi connectivity index (χ1v) is 8.23. The molecule has 1 saturated heterocycles. The normalized spacial score (nSPS) is 21.6. The molecule has 2 N–H and O–H groups in total. The molecule has 0 aliphatic carbocycles.